The van der Waals surface area contributed by atoms with Crippen molar-refractivity contribution in [3.63, 3.8) is 0 Å². The highest BCUT2D eigenvalue weighted by molar-refractivity contribution is 5.65. The van der Waals surface area contributed by atoms with E-state index < -0.39 is 23.9 Å². The van der Waals surface area contributed by atoms with Crippen molar-refractivity contribution in [3.8, 4) is 5.75 Å². The van der Waals surface area contributed by atoms with Gasteiger partial charge in [-0.05, 0) is 18.2 Å². The van der Waals surface area contributed by atoms with Crippen molar-refractivity contribution >= 4 is 6.09 Å². The minimum atomic E-state index is -2.90. The van der Waals surface area contributed by atoms with Crippen LogP contribution in [-0.2, 0) is 0 Å². The first-order chi connectivity index (χ1) is 8.95. The Morgan fingerprint density at radius 1 is 1.42 bits per heavy atom. The van der Waals surface area contributed by atoms with Crippen molar-refractivity contribution in [2.24, 2.45) is 0 Å². The zero-order valence-electron chi connectivity index (χ0n) is 9.78. The lowest BCUT2D eigenvalue weighted by molar-refractivity contribution is 0.0823. The van der Waals surface area contributed by atoms with E-state index in [0.717, 1.165) is 12.1 Å². The van der Waals surface area contributed by atoms with Crippen LogP contribution in [0.25, 0.3) is 0 Å². The molecule has 19 heavy (non-hydrogen) atoms. The molecular weight excluding hydrogens is 263 g/mol. The first-order valence-corrected chi connectivity index (χ1v) is 5.69. The fourth-order valence-electron chi connectivity index (χ4n) is 1.91. The van der Waals surface area contributed by atoms with Gasteiger partial charge in [-0.3, -0.25) is 0 Å². The van der Waals surface area contributed by atoms with Gasteiger partial charge in [-0.1, -0.05) is 0 Å². The number of rotatable bonds is 4. The van der Waals surface area contributed by atoms with Gasteiger partial charge in [-0.25, -0.2) is 18.0 Å². The molecule has 0 aliphatic heterocycles. The SMILES string of the molecule is O=C(O)N[C@H]1C[C@H](Oc2ccc(F)c(C(F)F)c2)C1. The number of carboxylic acid groups (broad SMARTS) is 1. The number of alkyl halides is 2. The normalized spacial score (nSPS) is 21.9. The maximum Gasteiger partial charge on any atom is 0.404 e. The number of ether oxygens (including phenoxy) is 1. The third-order valence-electron chi connectivity index (χ3n) is 2.93. The van der Waals surface area contributed by atoms with E-state index in [1.165, 1.54) is 6.07 Å². The zero-order chi connectivity index (χ0) is 14.0. The van der Waals surface area contributed by atoms with Crippen molar-refractivity contribution in [2.75, 3.05) is 0 Å². The van der Waals surface area contributed by atoms with E-state index in [4.69, 9.17) is 9.84 Å². The van der Waals surface area contributed by atoms with Crippen LogP contribution in [0.2, 0.25) is 0 Å². The Kier molecular flexibility index (Phi) is 3.82. The Hall–Kier alpha value is -1.92. The second-order valence-electron chi connectivity index (χ2n) is 4.34. The van der Waals surface area contributed by atoms with E-state index in [0.29, 0.717) is 12.8 Å². The maximum absolute atomic E-state index is 13.0. The van der Waals surface area contributed by atoms with Crippen LogP contribution in [0.4, 0.5) is 18.0 Å². The molecule has 0 atom stereocenters. The molecule has 1 aromatic rings. The first-order valence-electron chi connectivity index (χ1n) is 5.69. The molecule has 2 rings (SSSR count). The summed E-state index contributed by atoms with van der Waals surface area (Å²) in [5.74, 6) is -0.808. The largest absolute Gasteiger partial charge is 0.490 e. The van der Waals surface area contributed by atoms with Crippen LogP contribution < -0.4 is 10.1 Å². The third kappa shape index (κ3) is 3.30. The summed E-state index contributed by atoms with van der Waals surface area (Å²) < 4.78 is 43.4. The van der Waals surface area contributed by atoms with Crippen LogP contribution in [-0.4, -0.2) is 23.3 Å². The van der Waals surface area contributed by atoms with Gasteiger partial charge in [0.25, 0.3) is 6.43 Å². The van der Waals surface area contributed by atoms with Crippen LogP contribution >= 0.6 is 0 Å². The molecule has 104 valence electrons. The fraction of sp³-hybridized carbons (Fsp3) is 0.417. The predicted octanol–water partition coefficient (Wildman–Crippen LogP) is 2.94. The molecule has 1 aliphatic rings. The molecule has 0 radical (unpaired) electrons. The van der Waals surface area contributed by atoms with E-state index in [1.807, 2.05) is 0 Å². The number of amides is 1. The molecule has 4 nitrogen and oxygen atoms in total. The second-order valence-corrected chi connectivity index (χ2v) is 4.34. The van der Waals surface area contributed by atoms with Crippen molar-refractivity contribution in [2.45, 2.75) is 31.4 Å². The lowest BCUT2D eigenvalue weighted by atomic mass is 9.89. The van der Waals surface area contributed by atoms with E-state index >= 15 is 0 Å². The number of benzene rings is 1. The van der Waals surface area contributed by atoms with Gasteiger partial charge in [-0.2, -0.15) is 0 Å². The molecule has 1 aliphatic carbocycles. The number of hydrogen-bond donors (Lipinski definition) is 2. The lowest BCUT2D eigenvalue weighted by Gasteiger charge is -2.35. The number of hydrogen-bond acceptors (Lipinski definition) is 2. The van der Waals surface area contributed by atoms with Crippen molar-refractivity contribution in [1.82, 2.24) is 5.32 Å². The van der Waals surface area contributed by atoms with E-state index in [-0.39, 0.29) is 17.9 Å². The number of nitrogens with one attached hydrogen (secondary N) is 1. The summed E-state index contributed by atoms with van der Waals surface area (Å²) in [6.07, 6.45) is -3.31. The minimum absolute atomic E-state index is 0.162. The highest BCUT2D eigenvalue weighted by atomic mass is 19.3. The molecule has 7 heteroatoms. The summed E-state index contributed by atoms with van der Waals surface area (Å²) in [6.45, 7) is 0. The molecule has 0 bridgehead atoms. The topological polar surface area (TPSA) is 58.6 Å². The third-order valence-corrected chi connectivity index (χ3v) is 2.93. The summed E-state index contributed by atoms with van der Waals surface area (Å²) in [7, 11) is 0. The summed E-state index contributed by atoms with van der Waals surface area (Å²) in [4.78, 5) is 10.3. The molecule has 1 aromatic carbocycles. The Balaban J connectivity index is 1.91. The zero-order valence-corrected chi connectivity index (χ0v) is 9.78. The highest BCUT2D eigenvalue weighted by Crippen LogP contribution is 2.30. The molecule has 1 saturated carbocycles. The molecule has 0 saturated heterocycles. The summed E-state index contributed by atoms with van der Waals surface area (Å²) in [6, 6.07) is 3.00. The molecule has 0 unspecified atom stereocenters. The fourth-order valence-corrected chi connectivity index (χ4v) is 1.91. The van der Waals surface area contributed by atoms with E-state index in [2.05, 4.69) is 5.32 Å². The Labute approximate surface area is 107 Å². The van der Waals surface area contributed by atoms with E-state index in [1.54, 1.807) is 0 Å². The lowest BCUT2D eigenvalue weighted by Crippen LogP contribution is -2.48. The summed E-state index contributed by atoms with van der Waals surface area (Å²) in [5.41, 5.74) is -0.697. The van der Waals surface area contributed by atoms with Gasteiger partial charge in [0, 0.05) is 18.9 Å². The molecule has 0 spiro atoms. The van der Waals surface area contributed by atoms with Gasteiger partial charge >= 0.3 is 6.09 Å². The number of carbonyl (C=O) groups is 1. The molecular formula is C12H12F3NO3. The van der Waals surface area contributed by atoms with E-state index in [9.17, 15) is 18.0 Å². The van der Waals surface area contributed by atoms with Crippen LogP contribution in [0.5, 0.6) is 5.75 Å². The average molecular weight is 275 g/mol. The smallest absolute Gasteiger partial charge is 0.404 e. The van der Waals surface area contributed by atoms with Gasteiger partial charge in [0.2, 0.25) is 0 Å². The van der Waals surface area contributed by atoms with Crippen LogP contribution in [0.3, 0.4) is 0 Å². The maximum atomic E-state index is 13.0. The summed E-state index contributed by atoms with van der Waals surface area (Å²) in [5, 5.41) is 10.8. The molecule has 0 heterocycles. The Morgan fingerprint density at radius 2 is 2.11 bits per heavy atom. The minimum Gasteiger partial charge on any atom is -0.490 e. The monoisotopic (exact) mass is 275 g/mol. The first kappa shape index (κ1) is 13.5. The quantitative estimate of drug-likeness (QED) is 0.888. The highest BCUT2D eigenvalue weighted by Gasteiger charge is 2.32. The van der Waals surface area contributed by atoms with Gasteiger partial charge < -0.3 is 15.2 Å². The van der Waals surface area contributed by atoms with Crippen LogP contribution in [0.1, 0.15) is 24.8 Å². The standard InChI is InChI=1S/C12H12F3NO3/c13-10-2-1-7(5-9(10)11(14)15)19-8-3-6(4-8)16-12(17)18/h1-2,5-6,8,11,16H,3-4H2,(H,17,18)/t6-,8-. The van der Waals surface area contributed by atoms with Crippen LogP contribution in [0.15, 0.2) is 18.2 Å². The molecule has 2 N–H and O–H groups in total. The molecule has 1 amide bonds. The predicted molar refractivity (Wildman–Crippen MR) is 60.0 cm³/mol. The molecule has 1 fully saturated rings. The molecule has 0 aromatic heterocycles. The Bertz CT molecular complexity index is 475. The van der Waals surface area contributed by atoms with Gasteiger partial charge in [0.15, 0.2) is 0 Å². The summed E-state index contributed by atoms with van der Waals surface area (Å²) >= 11 is 0. The van der Waals surface area contributed by atoms with Gasteiger partial charge in [0.05, 0.1) is 5.56 Å². The van der Waals surface area contributed by atoms with Crippen LogP contribution in [0, 0.1) is 5.82 Å². The number of halogens is 3. The van der Waals surface area contributed by atoms with Crippen molar-refractivity contribution in [3.05, 3.63) is 29.6 Å². The van der Waals surface area contributed by atoms with Crippen molar-refractivity contribution in [1.29, 1.82) is 0 Å². The van der Waals surface area contributed by atoms with Gasteiger partial charge in [-0.15, -0.1) is 0 Å². The second kappa shape index (κ2) is 5.38. The van der Waals surface area contributed by atoms with Crippen molar-refractivity contribution < 1.29 is 27.8 Å². The van der Waals surface area contributed by atoms with Gasteiger partial charge in [0.1, 0.15) is 17.7 Å². The average Bonchev–Trinajstić information content (AvgIpc) is 2.27. The Morgan fingerprint density at radius 3 is 2.68 bits per heavy atom.